The van der Waals surface area contributed by atoms with E-state index in [0.29, 0.717) is 69.0 Å². The number of β-amino-alcohol motifs (C(OH)–C–C–N with tert-alkyl or cyclic N) is 1. The molecule has 4 N–H and O–H groups in total. The highest BCUT2D eigenvalue weighted by Crippen LogP contribution is 2.44. The van der Waals surface area contributed by atoms with Gasteiger partial charge in [0.05, 0.1) is 51.2 Å². The third kappa shape index (κ3) is 23.6. The number of halogens is 1. The van der Waals surface area contributed by atoms with Crippen LogP contribution in [0, 0.1) is 23.7 Å². The highest BCUT2D eigenvalue weighted by atomic mass is 35.5. The predicted octanol–water partition coefficient (Wildman–Crippen LogP) is 11.6. The van der Waals surface area contributed by atoms with Crippen molar-refractivity contribution in [2.45, 2.75) is 151 Å². The van der Waals surface area contributed by atoms with Crippen molar-refractivity contribution in [1.29, 1.82) is 0 Å². The number of anilines is 1. The van der Waals surface area contributed by atoms with Crippen LogP contribution in [0.15, 0.2) is 147 Å². The molecule has 1 unspecified atom stereocenters. The van der Waals surface area contributed by atoms with E-state index >= 15 is 0 Å². The number of sulfone groups is 2. The highest BCUT2D eigenvalue weighted by molar-refractivity contribution is 7.99. The molecule has 0 saturated carbocycles. The SMILES string of the molecule is Cc1ncsc1-c1ccc([C@H](C)NC(=O)[C@@H]2C[C@@H](O)CN2C(=O)[C@@H](NC(=O)CCCCCC(=O)NCCN(C)CC2(C)CCC(c3ccc(Cl)cc3)=C(CN3CCN(c4ccc(C(=O)CS(=O)(=O)c5ccc(C[C@H](CCN6CCOCC6)CSc6ccccc6)c(S(C)(=O)=O)c5)cc4)CC3)C2)C(C)(C)C)cc1. The van der Waals surface area contributed by atoms with Crippen molar-refractivity contribution >= 4 is 95.0 Å². The van der Waals surface area contributed by atoms with Gasteiger partial charge >= 0.3 is 0 Å². The lowest BCUT2D eigenvalue weighted by molar-refractivity contribution is -0.144. The van der Waals surface area contributed by atoms with Crippen LogP contribution < -0.4 is 20.9 Å². The number of carbonyl (C=O) groups excluding carboxylic acids is 5. The monoisotopic (exact) mass is 1560 g/mol. The van der Waals surface area contributed by atoms with Crippen molar-refractivity contribution in [1.82, 2.24) is 40.5 Å². The summed E-state index contributed by atoms with van der Waals surface area (Å²) < 4.78 is 60.3. The van der Waals surface area contributed by atoms with Crippen LogP contribution >= 0.6 is 34.7 Å². The lowest BCUT2D eigenvalue weighted by atomic mass is 9.71. The van der Waals surface area contributed by atoms with E-state index in [2.05, 4.69) is 78.8 Å². The third-order valence-electron chi connectivity index (χ3n) is 21.2. The summed E-state index contributed by atoms with van der Waals surface area (Å²) in [6.45, 7) is 21.6. The molecule has 0 bridgehead atoms. The lowest BCUT2D eigenvalue weighted by Gasteiger charge is -2.42. The van der Waals surface area contributed by atoms with Crippen LogP contribution in [0.3, 0.4) is 0 Å². The van der Waals surface area contributed by atoms with Gasteiger partial charge in [-0.1, -0.05) is 112 Å². The van der Waals surface area contributed by atoms with Crippen LogP contribution in [0.4, 0.5) is 5.69 Å². The van der Waals surface area contributed by atoms with Gasteiger partial charge in [0.1, 0.15) is 17.8 Å². The van der Waals surface area contributed by atoms with E-state index in [-0.39, 0.29) is 69.8 Å². The van der Waals surface area contributed by atoms with Crippen molar-refractivity contribution < 1.29 is 50.7 Å². The van der Waals surface area contributed by atoms with E-state index in [1.165, 1.54) is 33.7 Å². The Balaban J connectivity index is 0.652. The van der Waals surface area contributed by atoms with E-state index < -0.39 is 60.7 Å². The summed E-state index contributed by atoms with van der Waals surface area (Å²) in [7, 11) is -5.97. The number of thiazole rings is 1. The number of aliphatic hydroxyl groups is 1. The molecule has 20 nitrogen and oxygen atoms in total. The summed E-state index contributed by atoms with van der Waals surface area (Å²) in [6, 6.07) is 35.3. The number of allylic oxidation sites excluding steroid dienone is 1. The Morgan fingerprint density at radius 2 is 1.51 bits per heavy atom. The number of hydrogen-bond acceptors (Lipinski definition) is 18. The molecule has 5 aromatic carbocycles. The summed E-state index contributed by atoms with van der Waals surface area (Å²) in [4.78, 5) is 85.7. The maximum atomic E-state index is 14.3. The number of thioether (sulfide) groups is 1. The Bertz CT molecular complexity index is 4280. The Morgan fingerprint density at radius 3 is 2.18 bits per heavy atom. The van der Waals surface area contributed by atoms with Gasteiger partial charge in [-0.05, 0) is 178 Å². The molecule has 4 aliphatic rings. The summed E-state index contributed by atoms with van der Waals surface area (Å²) in [5.41, 5.74) is 9.67. The molecule has 6 aromatic rings. The number of likely N-dealkylation sites (tertiary alicyclic amines) is 1. The fourth-order valence-electron chi connectivity index (χ4n) is 15.2. The number of nitrogens with zero attached hydrogens (tertiary/aromatic N) is 6. The number of hydrogen-bond donors (Lipinski definition) is 4. The molecule has 10 rings (SSSR count). The number of nitrogens with one attached hydrogen (secondary N) is 3. The summed E-state index contributed by atoms with van der Waals surface area (Å²) in [5, 5.41) is 20.6. The number of aliphatic hydroxyl groups excluding tert-OH is 1. The second-order valence-corrected chi connectivity index (χ2v) is 37.4. The Kier molecular flexibility index (Phi) is 29.1. The van der Waals surface area contributed by atoms with Gasteiger partial charge < -0.3 is 40.5 Å². The van der Waals surface area contributed by atoms with Gasteiger partial charge in [-0.2, -0.15) is 0 Å². The largest absolute Gasteiger partial charge is 0.391 e. The van der Waals surface area contributed by atoms with Crippen molar-refractivity contribution in [3.8, 4) is 10.4 Å². The van der Waals surface area contributed by atoms with Gasteiger partial charge in [0.15, 0.2) is 25.5 Å². The minimum atomic E-state index is -4.23. The molecule has 107 heavy (non-hydrogen) atoms. The number of ketones is 1. The molecule has 3 aliphatic heterocycles. The number of aryl methyl sites for hydroxylation is 1. The van der Waals surface area contributed by atoms with Crippen molar-refractivity contribution in [3.05, 3.63) is 165 Å². The first-order valence-corrected chi connectivity index (χ1v) is 43.4. The first-order valence-electron chi connectivity index (χ1n) is 37.6. The molecule has 1 aromatic heterocycles. The van der Waals surface area contributed by atoms with Gasteiger partial charge in [0.25, 0.3) is 0 Å². The maximum absolute atomic E-state index is 14.3. The van der Waals surface area contributed by atoms with Crippen molar-refractivity contribution in [3.63, 3.8) is 0 Å². The normalized spacial score (nSPS) is 19.4. The van der Waals surface area contributed by atoms with Gasteiger partial charge in [-0.3, -0.25) is 33.8 Å². The van der Waals surface area contributed by atoms with E-state index in [1.54, 1.807) is 41.3 Å². The number of carbonyl (C=O) groups is 5. The van der Waals surface area contributed by atoms with Gasteiger partial charge in [0, 0.05) is 124 Å². The topological polar surface area (TPSA) is 248 Å². The molecule has 25 heteroatoms. The van der Waals surface area contributed by atoms with Crippen LogP contribution in [0.1, 0.15) is 138 Å². The molecule has 4 heterocycles. The number of benzene rings is 5. The third-order valence-corrected chi connectivity index (χ3v) is 26.5. The van der Waals surface area contributed by atoms with Gasteiger partial charge in [0.2, 0.25) is 23.6 Å². The number of aromatic nitrogens is 1. The fraction of sp³-hybridized carbons (Fsp3) is 0.512. The van der Waals surface area contributed by atoms with Crippen LogP contribution in [-0.2, 0) is 50.0 Å². The molecule has 0 spiro atoms. The van der Waals surface area contributed by atoms with Crippen LogP contribution in [0.2, 0.25) is 5.02 Å². The van der Waals surface area contributed by atoms with E-state index in [4.69, 9.17) is 16.3 Å². The van der Waals surface area contributed by atoms with E-state index in [1.807, 2.05) is 107 Å². The standard InChI is InChI=1S/C82H108ClN9O11S4/c1-57(60-19-21-63(22-20-60)77-58(2)85-56-105-77)86-79(97)72-48-68(93)52-92(72)80(98)78(81(3,4)5)87-76(96)18-14-10-13-17-75(95)84-36-38-88(7)55-82(6)35-33-71(61-23-28-66(83)29-24-61)65(50-82)51-90-39-41-91(42-40-90)67-30-25-62(26-31-67)73(94)54-107(101,102)70-32-27-64(74(49-70)106(8,99)100)47-59(34-37-89-43-45-103-46-44-89)53-104-69-15-11-9-12-16-69/h9,11-12,15-16,19-32,49,56-57,59,68,72,78,93H,10,13-14,17-18,33-48,50-55H2,1-8H3,(H,84,95)(H,86,97)(H,87,96)/t57-,59-,68+,72-,78+,82?/m0/s1. The predicted molar refractivity (Wildman–Crippen MR) is 428 cm³/mol. The van der Waals surface area contributed by atoms with E-state index in [9.17, 15) is 45.9 Å². The van der Waals surface area contributed by atoms with Crippen molar-refractivity contribution in [2.75, 3.05) is 121 Å². The highest BCUT2D eigenvalue weighted by Gasteiger charge is 2.45. The Hall–Kier alpha value is -6.84. The molecule has 6 atom stereocenters. The number of piperazine rings is 1. The smallest absolute Gasteiger partial charge is 0.246 e. The fourth-order valence-corrected chi connectivity index (χ4v) is 19.4. The number of Topliss-reactive ketones (excluding diaryl/α,β-unsaturated/α-hetero) is 1. The van der Waals surface area contributed by atoms with Gasteiger partial charge in [-0.15, -0.1) is 23.1 Å². The zero-order chi connectivity index (χ0) is 76.6. The Morgan fingerprint density at radius 1 is 0.832 bits per heavy atom. The number of rotatable bonds is 34. The molecular weight excluding hydrogens is 1450 g/mol. The first-order chi connectivity index (χ1) is 51.0. The molecule has 1 aliphatic carbocycles. The molecule has 578 valence electrons. The zero-order valence-electron chi connectivity index (χ0n) is 63.3. The minimum Gasteiger partial charge on any atom is -0.391 e. The molecule has 4 amide bonds. The number of ether oxygens (including phenoxy) is 1. The second-order valence-electron chi connectivity index (χ2n) is 31.1. The number of likely N-dealkylation sites (N-methyl/N-ethyl adjacent to an activating group) is 1. The number of amides is 4. The quantitative estimate of drug-likeness (QED) is 0.0167. The minimum absolute atomic E-state index is 0.0196. The average Bonchev–Trinajstić information content (AvgIpc) is 1.56. The maximum Gasteiger partial charge on any atom is 0.246 e. The summed E-state index contributed by atoms with van der Waals surface area (Å²) >= 11 is 9.69. The number of morpholine rings is 1. The van der Waals surface area contributed by atoms with E-state index in [0.717, 1.165) is 129 Å². The van der Waals surface area contributed by atoms with Crippen LogP contribution in [-0.4, -0.2) is 211 Å². The van der Waals surface area contributed by atoms with Crippen molar-refractivity contribution in [2.24, 2.45) is 16.7 Å². The lowest BCUT2D eigenvalue weighted by Crippen LogP contribution is -2.57. The first kappa shape index (κ1) is 82.6. The molecule has 0 radical (unpaired) electrons. The average molecular weight is 1560 g/mol. The van der Waals surface area contributed by atoms with Crippen LogP contribution in [0.5, 0.6) is 0 Å². The number of unbranched alkanes of at least 4 members (excludes halogenated alkanes) is 2. The molecular formula is C82H108ClN9O11S4. The summed E-state index contributed by atoms with van der Waals surface area (Å²) in [5.74, 6) is -1.65. The Labute approximate surface area is 647 Å². The molecule has 3 saturated heterocycles. The molecule has 3 fully saturated rings. The second kappa shape index (κ2) is 37.7. The van der Waals surface area contributed by atoms with Crippen LogP contribution in [0.25, 0.3) is 16.0 Å². The van der Waals surface area contributed by atoms with Gasteiger partial charge in [-0.25, -0.2) is 21.8 Å². The summed E-state index contributed by atoms with van der Waals surface area (Å²) in [6.07, 6.45) is 6.65. The zero-order valence-corrected chi connectivity index (χ0v) is 67.3.